The van der Waals surface area contributed by atoms with Gasteiger partial charge in [-0.2, -0.15) is 0 Å². The molecule has 1 amide bonds. The van der Waals surface area contributed by atoms with Crippen LogP contribution < -0.4 is 10.5 Å². The molecule has 0 saturated heterocycles. The topological polar surface area (TPSA) is 89.3 Å². The van der Waals surface area contributed by atoms with E-state index in [1.165, 1.54) is 12.1 Å². The van der Waals surface area contributed by atoms with Gasteiger partial charge in [-0.3, -0.25) is 9.52 Å². The molecule has 15 heavy (non-hydrogen) atoms. The summed E-state index contributed by atoms with van der Waals surface area (Å²) in [5.74, 6) is -0.686. The van der Waals surface area contributed by atoms with Crippen molar-refractivity contribution in [3.63, 3.8) is 0 Å². The quantitative estimate of drug-likeness (QED) is 0.868. The number of halogens is 1. The van der Waals surface area contributed by atoms with Crippen LogP contribution in [0, 0.1) is 0 Å². The predicted molar refractivity (Wildman–Crippen MR) is 61.1 cm³/mol. The second-order valence-electron chi connectivity index (χ2n) is 2.93. The van der Waals surface area contributed by atoms with Crippen molar-refractivity contribution in [1.82, 2.24) is 0 Å². The summed E-state index contributed by atoms with van der Waals surface area (Å²) in [7, 11) is -3.43. The number of rotatable bonds is 3. The minimum absolute atomic E-state index is 0.128. The van der Waals surface area contributed by atoms with Gasteiger partial charge in [0.25, 0.3) is 5.91 Å². The van der Waals surface area contributed by atoms with Gasteiger partial charge in [0.15, 0.2) is 0 Å². The molecule has 0 spiro atoms. The maximum atomic E-state index is 11.0. The predicted octanol–water partition coefficient (Wildman–Crippen LogP) is 0.920. The Kier molecular flexibility index (Phi) is 3.35. The smallest absolute Gasteiger partial charge is 0.250 e. The van der Waals surface area contributed by atoms with Crippen molar-refractivity contribution in [3.8, 4) is 0 Å². The average molecular weight is 293 g/mol. The minimum atomic E-state index is -3.43. The van der Waals surface area contributed by atoms with Crippen LogP contribution in [0.15, 0.2) is 22.7 Å². The lowest BCUT2D eigenvalue weighted by atomic mass is 10.2. The van der Waals surface area contributed by atoms with E-state index in [1.807, 2.05) is 0 Å². The zero-order valence-electron chi connectivity index (χ0n) is 7.82. The van der Waals surface area contributed by atoms with E-state index in [1.54, 1.807) is 6.07 Å². The number of carbonyl (C=O) groups excluding carboxylic acids is 1. The highest BCUT2D eigenvalue weighted by Gasteiger charge is 2.11. The monoisotopic (exact) mass is 292 g/mol. The summed E-state index contributed by atoms with van der Waals surface area (Å²) in [6.07, 6.45) is 0.999. The second kappa shape index (κ2) is 4.19. The van der Waals surface area contributed by atoms with Gasteiger partial charge >= 0.3 is 0 Å². The first-order valence-electron chi connectivity index (χ1n) is 3.87. The summed E-state index contributed by atoms with van der Waals surface area (Å²) in [5.41, 5.74) is 5.39. The lowest BCUT2D eigenvalue weighted by Crippen LogP contribution is -2.17. The molecule has 1 aromatic rings. The molecule has 0 heterocycles. The zero-order chi connectivity index (χ0) is 11.6. The highest BCUT2D eigenvalue weighted by atomic mass is 79.9. The van der Waals surface area contributed by atoms with Gasteiger partial charge in [0.1, 0.15) is 0 Å². The van der Waals surface area contributed by atoms with Crippen molar-refractivity contribution in [2.24, 2.45) is 5.73 Å². The molecule has 82 valence electrons. The number of benzene rings is 1. The first-order chi connectivity index (χ1) is 6.79. The number of sulfonamides is 1. The van der Waals surface area contributed by atoms with Gasteiger partial charge in [-0.05, 0) is 18.2 Å². The average Bonchev–Trinajstić information content (AvgIpc) is 1.99. The van der Waals surface area contributed by atoms with E-state index < -0.39 is 15.9 Å². The van der Waals surface area contributed by atoms with Gasteiger partial charge < -0.3 is 5.73 Å². The molecule has 7 heteroatoms. The molecule has 0 atom stereocenters. The fraction of sp³-hybridized carbons (Fsp3) is 0.125. The Balaban J connectivity index is 3.25. The van der Waals surface area contributed by atoms with E-state index in [-0.39, 0.29) is 11.3 Å². The molecule has 0 radical (unpaired) electrons. The number of hydrogen-bond acceptors (Lipinski definition) is 3. The molecule has 0 unspecified atom stereocenters. The summed E-state index contributed by atoms with van der Waals surface area (Å²) in [6, 6.07) is 4.52. The summed E-state index contributed by atoms with van der Waals surface area (Å²) in [6.45, 7) is 0. The van der Waals surface area contributed by atoms with Crippen molar-refractivity contribution in [2.75, 3.05) is 11.0 Å². The van der Waals surface area contributed by atoms with Gasteiger partial charge in [-0.25, -0.2) is 8.42 Å². The molecule has 0 bridgehead atoms. The number of hydrogen-bond donors (Lipinski definition) is 2. The molecule has 5 nitrogen and oxygen atoms in total. The Morgan fingerprint density at radius 1 is 1.47 bits per heavy atom. The fourth-order valence-electron chi connectivity index (χ4n) is 1.02. The van der Waals surface area contributed by atoms with Crippen LogP contribution in [0.5, 0.6) is 0 Å². The Hall–Kier alpha value is -1.08. The maximum Gasteiger partial charge on any atom is 0.250 e. The van der Waals surface area contributed by atoms with Gasteiger partial charge in [0, 0.05) is 4.47 Å². The van der Waals surface area contributed by atoms with Crippen LogP contribution >= 0.6 is 15.9 Å². The maximum absolute atomic E-state index is 11.0. The van der Waals surface area contributed by atoms with E-state index in [0.717, 1.165) is 6.26 Å². The number of nitrogens with one attached hydrogen (secondary N) is 1. The normalized spacial score (nSPS) is 11.1. The van der Waals surface area contributed by atoms with Gasteiger partial charge in [0.05, 0.1) is 17.5 Å². The third-order valence-electron chi connectivity index (χ3n) is 1.54. The first-order valence-corrected chi connectivity index (χ1v) is 6.55. The van der Waals surface area contributed by atoms with Gasteiger partial charge in [-0.1, -0.05) is 15.9 Å². The van der Waals surface area contributed by atoms with Gasteiger partial charge in [-0.15, -0.1) is 0 Å². The second-order valence-corrected chi connectivity index (χ2v) is 5.59. The number of nitrogens with two attached hydrogens (primary N) is 1. The summed E-state index contributed by atoms with van der Waals surface area (Å²) < 4.78 is 24.9. The van der Waals surface area contributed by atoms with E-state index in [0.29, 0.717) is 4.47 Å². The largest absolute Gasteiger partial charge is 0.366 e. The molecule has 3 N–H and O–H groups in total. The van der Waals surface area contributed by atoms with E-state index in [4.69, 9.17) is 5.73 Å². The zero-order valence-corrected chi connectivity index (χ0v) is 10.2. The van der Waals surface area contributed by atoms with Crippen LogP contribution in [0.25, 0.3) is 0 Å². The van der Waals surface area contributed by atoms with Gasteiger partial charge in [0.2, 0.25) is 10.0 Å². The fourth-order valence-corrected chi connectivity index (χ4v) is 1.94. The summed E-state index contributed by atoms with van der Waals surface area (Å²) >= 11 is 3.17. The molecule has 0 aliphatic carbocycles. The van der Waals surface area contributed by atoms with Crippen LogP contribution in [0.3, 0.4) is 0 Å². The van der Waals surface area contributed by atoms with E-state index in [9.17, 15) is 13.2 Å². The van der Waals surface area contributed by atoms with Crippen molar-refractivity contribution in [1.29, 1.82) is 0 Å². The van der Waals surface area contributed by atoms with Crippen molar-refractivity contribution < 1.29 is 13.2 Å². The first kappa shape index (κ1) is 12.0. The molecule has 0 aromatic heterocycles. The molecule has 0 saturated carbocycles. The van der Waals surface area contributed by atoms with Crippen LogP contribution in [0.4, 0.5) is 5.69 Å². The van der Waals surface area contributed by atoms with Crippen molar-refractivity contribution in [3.05, 3.63) is 28.2 Å². The number of primary amides is 1. The Morgan fingerprint density at radius 2 is 2.07 bits per heavy atom. The highest BCUT2D eigenvalue weighted by molar-refractivity contribution is 9.10. The molecular formula is C8H9BrN2O3S. The number of amides is 1. The Morgan fingerprint density at radius 3 is 2.53 bits per heavy atom. The van der Waals surface area contributed by atoms with E-state index in [2.05, 4.69) is 20.7 Å². The summed E-state index contributed by atoms with van der Waals surface area (Å²) in [5, 5.41) is 0. The molecule has 0 aliphatic rings. The number of anilines is 1. The third-order valence-corrected chi connectivity index (χ3v) is 2.63. The summed E-state index contributed by atoms with van der Waals surface area (Å²) in [4.78, 5) is 11.0. The van der Waals surface area contributed by atoms with Crippen LogP contribution in [0.1, 0.15) is 10.4 Å². The Bertz CT molecular complexity index is 499. The SMILES string of the molecule is CS(=O)(=O)Nc1cc(Br)ccc1C(N)=O. The van der Waals surface area contributed by atoms with Crippen molar-refractivity contribution >= 4 is 37.5 Å². The molecule has 0 fully saturated rings. The minimum Gasteiger partial charge on any atom is -0.366 e. The van der Waals surface area contributed by atoms with Crippen LogP contribution in [-0.2, 0) is 10.0 Å². The standard InChI is InChI=1S/C8H9BrN2O3S/c1-15(13,14)11-7-4-5(9)2-3-6(7)8(10)12/h2-4,11H,1H3,(H2,10,12). The molecular weight excluding hydrogens is 284 g/mol. The lowest BCUT2D eigenvalue weighted by Gasteiger charge is -2.08. The lowest BCUT2D eigenvalue weighted by molar-refractivity contribution is 0.100. The van der Waals surface area contributed by atoms with E-state index >= 15 is 0 Å². The number of carbonyl (C=O) groups is 1. The Labute approximate surface area is 95.8 Å². The highest BCUT2D eigenvalue weighted by Crippen LogP contribution is 2.21. The third kappa shape index (κ3) is 3.52. The van der Waals surface area contributed by atoms with Crippen LogP contribution in [-0.4, -0.2) is 20.6 Å². The molecule has 1 aromatic carbocycles. The molecule has 1 rings (SSSR count). The molecule has 0 aliphatic heterocycles. The van der Waals surface area contributed by atoms with Crippen LogP contribution in [0.2, 0.25) is 0 Å². The van der Waals surface area contributed by atoms with Crippen molar-refractivity contribution in [2.45, 2.75) is 0 Å².